The van der Waals surface area contributed by atoms with Gasteiger partial charge in [-0.3, -0.25) is 34.2 Å². The molecule has 11 heteroatoms. The molecule has 4 heterocycles. The Kier molecular flexibility index (Phi) is 8.37. The fraction of sp³-hybridized carbons (Fsp3) is 0.485. The highest BCUT2D eigenvalue weighted by molar-refractivity contribution is 6.32. The summed E-state index contributed by atoms with van der Waals surface area (Å²) in [7, 11) is 0. The number of aryl methyl sites for hydroxylation is 2. The van der Waals surface area contributed by atoms with E-state index in [1.54, 1.807) is 12.1 Å². The molecule has 6 rings (SSSR count). The summed E-state index contributed by atoms with van der Waals surface area (Å²) in [5.41, 5.74) is 3.22. The van der Waals surface area contributed by atoms with Crippen LogP contribution in [-0.2, 0) is 14.4 Å². The first kappa shape index (κ1) is 30.1. The molecule has 3 fully saturated rings. The third kappa shape index (κ3) is 5.67. The number of piperidine rings is 3. The standard InChI is InChI=1S/C33H37ClN4O6/c1-19-16-23(17-20(2)30(19)34)44-18-28(40)37-14-10-22(11-15-37)21-8-12-36(13-9-21)25-5-3-4-24-29(25)33(43)38(32(24)42)26-6-7-27(39)35-31(26)41/h3-5,16-17,21-22,26H,6-15,18H2,1-2H3,(H,35,39,41). The fourth-order valence-corrected chi connectivity index (χ4v) is 7.33. The van der Waals surface area contributed by atoms with E-state index in [1.165, 1.54) is 0 Å². The lowest BCUT2D eigenvalue weighted by molar-refractivity contribution is -0.136. The maximum absolute atomic E-state index is 13.5. The van der Waals surface area contributed by atoms with Crippen LogP contribution in [0, 0.1) is 25.7 Å². The van der Waals surface area contributed by atoms with Gasteiger partial charge in [0.05, 0.1) is 16.8 Å². The van der Waals surface area contributed by atoms with Crippen LogP contribution in [0.15, 0.2) is 30.3 Å². The first-order chi connectivity index (χ1) is 21.1. The molecule has 1 N–H and O–H groups in total. The summed E-state index contributed by atoms with van der Waals surface area (Å²) >= 11 is 6.24. The number of ether oxygens (including phenoxy) is 1. The normalized spacial score (nSPS) is 21.5. The third-order valence-corrected chi connectivity index (χ3v) is 10.3. The molecular formula is C33H37ClN4O6. The molecule has 1 unspecified atom stereocenters. The monoisotopic (exact) mass is 620 g/mol. The molecular weight excluding hydrogens is 584 g/mol. The second-order valence-corrected chi connectivity index (χ2v) is 12.7. The van der Waals surface area contributed by atoms with E-state index in [-0.39, 0.29) is 25.4 Å². The maximum atomic E-state index is 13.5. The first-order valence-electron chi connectivity index (χ1n) is 15.4. The third-order valence-electron chi connectivity index (χ3n) is 9.66. The van der Waals surface area contributed by atoms with Crippen LogP contribution in [0.4, 0.5) is 5.69 Å². The Bertz CT molecular complexity index is 1500. The van der Waals surface area contributed by atoms with Crippen LogP contribution in [0.25, 0.3) is 0 Å². The predicted molar refractivity (Wildman–Crippen MR) is 164 cm³/mol. The van der Waals surface area contributed by atoms with E-state index in [9.17, 15) is 24.0 Å². The number of rotatable bonds is 6. The Hall–Kier alpha value is -3.92. The molecule has 5 amide bonds. The van der Waals surface area contributed by atoms with Crippen LogP contribution in [0.3, 0.4) is 0 Å². The van der Waals surface area contributed by atoms with Crippen molar-refractivity contribution in [2.24, 2.45) is 11.8 Å². The number of amides is 5. The maximum Gasteiger partial charge on any atom is 0.264 e. The highest BCUT2D eigenvalue weighted by Crippen LogP contribution is 2.38. The van der Waals surface area contributed by atoms with Crippen LogP contribution in [0.5, 0.6) is 5.75 Å². The van der Waals surface area contributed by atoms with E-state index in [1.807, 2.05) is 36.9 Å². The Morgan fingerprint density at radius 2 is 1.55 bits per heavy atom. The zero-order valence-corrected chi connectivity index (χ0v) is 25.8. The van der Waals surface area contributed by atoms with Gasteiger partial charge >= 0.3 is 0 Å². The van der Waals surface area contributed by atoms with Gasteiger partial charge in [-0.15, -0.1) is 0 Å². The Morgan fingerprint density at radius 1 is 0.909 bits per heavy atom. The second-order valence-electron chi connectivity index (χ2n) is 12.3. The minimum absolute atomic E-state index is 0.00710. The number of imide groups is 2. The van der Waals surface area contributed by atoms with Crippen molar-refractivity contribution in [3.8, 4) is 5.75 Å². The molecule has 4 aliphatic heterocycles. The van der Waals surface area contributed by atoms with E-state index < -0.39 is 29.7 Å². The van der Waals surface area contributed by atoms with Gasteiger partial charge in [0, 0.05) is 37.6 Å². The Balaban J connectivity index is 1.02. The van der Waals surface area contributed by atoms with Gasteiger partial charge in [-0.2, -0.15) is 0 Å². The summed E-state index contributed by atoms with van der Waals surface area (Å²) in [6, 6.07) is 8.02. The highest BCUT2D eigenvalue weighted by atomic mass is 35.5. The molecule has 0 aliphatic carbocycles. The van der Waals surface area contributed by atoms with Crippen LogP contribution >= 0.6 is 11.6 Å². The average molecular weight is 621 g/mol. The van der Waals surface area contributed by atoms with Crippen molar-refractivity contribution in [1.29, 1.82) is 0 Å². The number of carbonyl (C=O) groups excluding carboxylic acids is 5. The lowest BCUT2D eigenvalue weighted by atomic mass is 9.78. The number of hydrogen-bond acceptors (Lipinski definition) is 7. The molecule has 0 aromatic heterocycles. The number of halogens is 1. The van der Waals surface area contributed by atoms with E-state index in [0.29, 0.717) is 46.8 Å². The molecule has 1 atom stereocenters. The molecule has 232 valence electrons. The number of anilines is 1. The van der Waals surface area contributed by atoms with Crippen LogP contribution in [0.2, 0.25) is 5.02 Å². The van der Waals surface area contributed by atoms with Gasteiger partial charge in [0.15, 0.2) is 6.61 Å². The second kappa shape index (κ2) is 12.2. The SMILES string of the molecule is Cc1cc(OCC(=O)N2CCC(C3CCN(c4cccc5c4C(=O)N(C4CCC(=O)NC4=O)C5=O)CC3)CC2)cc(C)c1Cl. The average Bonchev–Trinajstić information content (AvgIpc) is 3.28. The van der Waals surface area contributed by atoms with Crippen molar-refractivity contribution in [2.45, 2.75) is 58.4 Å². The molecule has 0 bridgehead atoms. The lowest BCUT2D eigenvalue weighted by Crippen LogP contribution is -2.54. The summed E-state index contributed by atoms with van der Waals surface area (Å²) in [5, 5.41) is 2.96. The highest BCUT2D eigenvalue weighted by Gasteiger charge is 2.46. The van der Waals surface area contributed by atoms with E-state index in [4.69, 9.17) is 16.3 Å². The smallest absolute Gasteiger partial charge is 0.264 e. The summed E-state index contributed by atoms with van der Waals surface area (Å²) in [6.07, 6.45) is 4.04. The first-order valence-corrected chi connectivity index (χ1v) is 15.8. The lowest BCUT2D eigenvalue weighted by Gasteiger charge is -2.41. The summed E-state index contributed by atoms with van der Waals surface area (Å²) in [6.45, 7) is 6.79. The molecule has 4 aliphatic rings. The number of likely N-dealkylation sites (tertiary alicyclic amines) is 1. The minimum Gasteiger partial charge on any atom is -0.484 e. The van der Waals surface area contributed by atoms with Crippen LogP contribution in [-0.4, -0.2) is 78.2 Å². The van der Waals surface area contributed by atoms with Crippen molar-refractivity contribution >= 4 is 46.8 Å². The minimum atomic E-state index is -0.978. The molecule has 3 saturated heterocycles. The van der Waals surface area contributed by atoms with Crippen molar-refractivity contribution in [3.05, 3.63) is 57.6 Å². The van der Waals surface area contributed by atoms with Crippen molar-refractivity contribution in [3.63, 3.8) is 0 Å². The van der Waals surface area contributed by atoms with Crippen molar-refractivity contribution in [2.75, 3.05) is 37.7 Å². The van der Waals surface area contributed by atoms with E-state index in [0.717, 1.165) is 60.5 Å². The van der Waals surface area contributed by atoms with Gasteiger partial charge in [0.25, 0.3) is 17.7 Å². The molecule has 0 spiro atoms. The van der Waals surface area contributed by atoms with Gasteiger partial charge in [-0.05, 0) is 93.2 Å². The van der Waals surface area contributed by atoms with Gasteiger partial charge in [0.1, 0.15) is 11.8 Å². The van der Waals surface area contributed by atoms with Crippen LogP contribution < -0.4 is 15.0 Å². The molecule has 2 aromatic carbocycles. The zero-order chi connectivity index (χ0) is 31.1. The topological polar surface area (TPSA) is 116 Å². The van der Waals surface area contributed by atoms with Gasteiger partial charge in [-0.1, -0.05) is 17.7 Å². The number of fused-ring (bicyclic) bond motifs is 1. The van der Waals surface area contributed by atoms with E-state index in [2.05, 4.69) is 10.2 Å². The molecule has 44 heavy (non-hydrogen) atoms. The van der Waals surface area contributed by atoms with Gasteiger partial charge in [0.2, 0.25) is 11.8 Å². The molecule has 10 nitrogen and oxygen atoms in total. The summed E-state index contributed by atoms with van der Waals surface area (Å²) < 4.78 is 5.79. The van der Waals surface area contributed by atoms with E-state index >= 15 is 0 Å². The van der Waals surface area contributed by atoms with Crippen LogP contribution in [0.1, 0.15) is 70.4 Å². The van der Waals surface area contributed by atoms with Crippen molar-refractivity contribution < 1.29 is 28.7 Å². The summed E-state index contributed by atoms with van der Waals surface area (Å²) in [5.74, 6) is -0.265. The fourth-order valence-electron chi connectivity index (χ4n) is 7.22. The largest absolute Gasteiger partial charge is 0.484 e. The number of benzene rings is 2. The number of hydrogen-bond donors (Lipinski definition) is 1. The predicted octanol–water partition coefficient (Wildman–Crippen LogP) is 3.89. The Labute approximate surface area is 261 Å². The van der Waals surface area contributed by atoms with Gasteiger partial charge in [-0.25, -0.2) is 0 Å². The van der Waals surface area contributed by atoms with Gasteiger partial charge < -0.3 is 14.5 Å². The number of nitrogens with one attached hydrogen (secondary N) is 1. The molecule has 0 radical (unpaired) electrons. The molecule has 0 saturated carbocycles. The number of nitrogens with zero attached hydrogens (tertiary/aromatic N) is 3. The summed E-state index contributed by atoms with van der Waals surface area (Å²) in [4.78, 5) is 68.8. The number of carbonyl (C=O) groups is 5. The van der Waals surface area contributed by atoms with Crippen molar-refractivity contribution in [1.82, 2.24) is 15.1 Å². The quantitative estimate of drug-likeness (QED) is 0.487. The Morgan fingerprint density at radius 3 is 2.18 bits per heavy atom. The zero-order valence-electron chi connectivity index (χ0n) is 25.1. The molecule has 2 aromatic rings.